The Balaban J connectivity index is 1.86. The summed E-state index contributed by atoms with van der Waals surface area (Å²) in [5, 5.41) is 8.66. The van der Waals surface area contributed by atoms with Crippen LogP contribution in [0.2, 0.25) is 0 Å². The summed E-state index contributed by atoms with van der Waals surface area (Å²) in [6.45, 7) is 0.715. The van der Waals surface area contributed by atoms with Gasteiger partial charge in [0.05, 0.1) is 6.42 Å². The zero-order chi connectivity index (χ0) is 15.4. The standard InChI is InChI=1S/C14H16N2O5/c15-12(17)8-21-11-3-1-10(2-4-11)14(20)16-6-9(7-16)5-13(18)19/h1-4,9H,5-8H2,(H2,15,17)(H,18,19). The highest BCUT2D eigenvalue weighted by Crippen LogP contribution is 2.22. The summed E-state index contributed by atoms with van der Waals surface area (Å²) < 4.78 is 5.10. The molecule has 1 fully saturated rings. The number of hydrogen-bond acceptors (Lipinski definition) is 4. The predicted molar refractivity (Wildman–Crippen MR) is 72.8 cm³/mol. The average Bonchev–Trinajstić information content (AvgIpc) is 2.39. The van der Waals surface area contributed by atoms with Gasteiger partial charge in [0, 0.05) is 24.6 Å². The molecule has 0 aliphatic carbocycles. The van der Waals surface area contributed by atoms with Crippen molar-refractivity contribution in [3.63, 3.8) is 0 Å². The van der Waals surface area contributed by atoms with Gasteiger partial charge in [-0.1, -0.05) is 0 Å². The zero-order valence-electron chi connectivity index (χ0n) is 11.3. The third kappa shape index (κ3) is 3.95. The number of nitrogens with zero attached hydrogens (tertiary/aromatic N) is 1. The van der Waals surface area contributed by atoms with Crippen LogP contribution in [0.4, 0.5) is 0 Å². The normalized spacial score (nSPS) is 14.4. The first kappa shape index (κ1) is 14.8. The molecule has 112 valence electrons. The minimum absolute atomic E-state index is 0.0321. The van der Waals surface area contributed by atoms with E-state index in [0.717, 1.165) is 0 Å². The third-order valence-electron chi connectivity index (χ3n) is 3.19. The van der Waals surface area contributed by atoms with E-state index in [9.17, 15) is 14.4 Å². The smallest absolute Gasteiger partial charge is 0.303 e. The van der Waals surface area contributed by atoms with Crippen molar-refractivity contribution in [1.29, 1.82) is 0 Å². The highest BCUT2D eigenvalue weighted by Gasteiger charge is 2.32. The largest absolute Gasteiger partial charge is 0.484 e. The second-order valence-corrected chi connectivity index (χ2v) is 4.95. The number of carbonyl (C=O) groups excluding carboxylic acids is 2. The van der Waals surface area contributed by atoms with Crippen molar-refractivity contribution in [2.45, 2.75) is 6.42 Å². The van der Waals surface area contributed by atoms with Crippen LogP contribution in [-0.4, -0.2) is 47.5 Å². The molecule has 0 saturated carbocycles. The molecular weight excluding hydrogens is 276 g/mol. The molecule has 0 atom stereocenters. The van der Waals surface area contributed by atoms with Crippen LogP contribution < -0.4 is 10.5 Å². The molecule has 1 saturated heterocycles. The van der Waals surface area contributed by atoms with E-state index in [4.69, 9.17) is 15.6 Å². The van der Waals surface area contributed by atoms with Crippen LogP contribution in [0.3, 0.4) is 0 Å². The van der Waals surface area contributed by atoms with Gasteiger partial charge >= 0.3 is 5.97 Å². The number of nitrogens with two attached hydrogens (primary N) is 1. The molecule has 0 aromatic heterocycles. The highest BCUT2D eigenvalue weighted by atomic mass is 16.5. The van der Waals surface area contributed by atoms with Crippen LogP contribution in [0.25, 0.3) is 0 Å². The number of aliphatic carboxylic acids is 1. The number of amides is 2. The maximum atomic E-state index is 12.1. The topological polar surface area (TPSA) is 110 Å². The Morgan fingerprint density at radius 1 is 1.24 bits per heavy atom. The van der Waals surface area contributed by atoms with E-state index in [2.05, 4.69) is 0 Å². The molecular formula is C14H16N2O5. The quantitative estimate of drug-likeness (QED) is 0.772. The summed E-state index contributed by atoms with van der Waals surface area (Å²) in [6.07, 6.45) is 0.0870. The van der Waals surface area contributed by atoms with Gasteiger partial charge in [-0.2, -0.15) is 0 Å². The fraction of sp³-hybridized carbons (Fsp3) is 0.357. The van der Waals surface area contributed by atoms with Crippen molar-refractivity contribution in [3.8, 4) is 5.75 Å². The molecule has 21 heavy (non-hydrogen) atoms. The number of hydrogen-bond donors (Lipinski definition) is 2. The maximum Gasteiger partial charge on any atom is 0.303 e. The van der Waals surface area contributed by atoms with Gasteiger partial charge in [-0.3, -0.25) is 14.4 Å². The predicted octanol–water partition coefficient (Wildman–Crippen LogP) is 0.0974. The van der Waals surface area contributed by atoms with E-state index in [1.54, 1.807) is 29.2 Å². The molecule has 7 heteroatoms. The van der Waals surface area contributed by atoms with Crippen LogP contribution >= 0.6 is 0 Å². The second-order valence-electron chi connectivity index (χ2n) is 4.95. The van der Waals surface area contributed by atoms with Crippen molar-refractivity contribution in [2.24, 2.45) is 11.7 Å². The van der Waals surface area contributed by atoms with E-state index in [1.807, 2.05) is 0 Å². The minimum Gasteiger partial charge on any atom is -0.484 e. The molecule has 0 spiro atoms. The number of likely N-dealkylation sites (tertiary alicyclic amines) is 1. The van der Waals surface area contributed by atoms with Crippen LogP contribution in [0.15, 0.2) is 24.3 Å². The molecule has 0 unspecified atom stereocenters. The number of rotatable bonds is 6. The van der Waals surface area contributed by atoms with Crippen LogP contribution in [0.1, 0.15) is 16.8 Å². The van der Waals surface area contributed by atoms with Gasteiger partial charge in [-0.15, -0.1) is 0 Å². The summed E-state index contributed by atoms with van der Waals surface area (Å²) in [4.78, 5) is 34.8. The number of benzene rings is 1. The molecule has 1 aromatic carbocycles. The van der Waals surface area contributed by atoms with Crippen molar-refractivity contribution < 1.29 is 24.2 Å². The summed E-state index contributed by atoms with van der Waals surface area (Å²) in [6, 6.07) is 6.38. The molecule has 2 amide bonds. The lowest BCUT2D eigenvalue weighted by atomic mass is 9.95. The van der Waals surface area contributed by atoms with E-state index in [0.29, 0.717) is 24.4 Å². The monoisotopic (exact) mass is 292 g/mol. The Morgan fingerprint density at radius 3 is 2.38 bits per heavy atom. The van der Waals surface area contributed by atoms with E-state index >= 15 is 0 Å². The van der Waals surface area contributed by atoms with Gasteiger partial charge < -0.3 is 20.5 Å². The first-order valence-electron chi connectivity index (χ1n) is 6.48. The first-order valence-corrected chi connectivity index (χ1v) is 6.48. The molecule has 1 aromatic rings. The van der Waals surface area contributed by atoms with E-state index < -0.39 is 11.9 Å². The number of carbonyl (C=O) groups is 3. The van der Waals surface area contributed by atoms with Gasteiger partial charge in [0.15, 0.2) is 6.61 Å². The SMILES string of the molecule is NC(=O)COc1ccc(C(=O)N2CC(CC(=O)O)C2)cc1. The molecule has 7 nitrogen and oxygen atoms in total. The summed E-state index contributed by atoms with van der Waals surface area (Å²) >= 11 is 0. The summed E-state index contributed by atoms with van der Waals surface area (Å²) in [5.41, 5.74) is 5.46. The summed E-state index contributed by atoms with van der Waals surface area (Å²) in [7, 11) is 0. The minimum atomic E-state index is -0.844. The number of carboxylic acids is 1. The molecule has 0 radical (unpaired) electrons. The first-order chi connectivity index (χ1) is 9.95. The van der Waals surface area contributed by atoms with Crippen molar-refractivity contribution in [3.05, 3.63) is 29.8 Å². The van der Waals surface area contributed by atoms with Gasteiger partial charge in [0.2, 0.25) is 0 Å². The van der Waals surface area contributed by atoms with Crippen molar-refractivity contribution in [1.82, 2.24) is 4.90 Å². The third-order valence-corrected chi connectivity index (χ3v) is 3.19. The Bertz CT molecular complexity index is 549. The van der Waals surface area contributed by atoms with Gasteiger partial charge in [-0.25, -0.2) is 0 Å². The van der Waals surface area contributed by atoms with Crippen LogP contribution in [0, 0.1) is 5.92 Å². The van der Waals surface area contributed by atoms with E-state index in [-0.39, 0.29) is 24.9 Å². The van der Waals surface area contributed by atoms with Gasteiger partial charge in [-0.05, 0) is 24.3 Å². The lowest BCUT2D eigenvalue weighted by Crippen LogP contribution is -2.50. The second kappa shape index (κ2) is 6.25. The Labute approximate surface area is 121 Å². The van der Waals surface area contributed by atoms with Gasteiger partial charge in [0.1, 0.15) is 5.75 Å². The average molecular weight is 292 g/mol. The molecule has 0 bridgehead atoms. The van der Waals surface area contributed by atoms with Gasteiger partial charge in [0.25, 0.3) is 11.8 Å². The molecule has 2 rings (SSSR count). The molecule has 1 aliphatic heterocycles. The Hall–Kier alpha value is -2.57. The zero-order valence-corrected chi connectivity index (χ0v) is 11.3. The number of carboxylic acid groups (broad SMARTS) is 1. The number of ether oxygens (including phenoxy) is 1. The Kier molecular flexibility index (Phi) is 4.42. The molecule has 1 heterocycles. The van der Waals surface area contributed by atoms with Crippen LogP contribution in [0.5, 0.6) is 5.75 Å². The van der Waals surface area contributed by atoms with Crippen molar-refractivity contribution in [2.75, 3.05) is 19.7 Å². The van der Waals surface area contributed by atoms with E-state index in [1.165, 1.54) is 0 Å². The number of primary amides is 1. The van der Waals surface area contributed by atoms with Crippen LogP contribution in [-0.2, 0) is 9.59 Å². The highest BCUT2D eigenvalue weighted by molar-refractivity contribution is 5.95. The maximum absolute atomic E-state index is 12.1. The Morgan fingerprint density at radius 2 is 1.86 bits per heavy atom. The van der Waals surface area contributed by atoms with Crippen molar-refractivity contribution >= 4 is 17.8 Å². The fourth-order valence-electron chi connectivity index (χ4n) is 2.14. The molecule has 1 aliphatic rings. The fourth-order valence-corrected chi connectivity index (χ4v) is 2.14. The lowest BCUT2D eigenvalue weighted by molar-refractivity contribution is -0.139. The molecule has 3 N–H and O–H groups in total. The summed E-state index contributed by atoms with van der Waals surface area (Å²) in [5.74, 6) is -1.07. The lowest BCUT2D eigenvalue weighted by Gasteiger charge is -2.38.